The highest BCUT2D eigenvalue weighted by Crippen LogP contribution is 2.34. The largest absolute Gasteiger partial charge is 0.416 e. The Morgan fingerprint density at radius 2 is 1.45 bits per heavy atom. The normalized spacial score (nSPS) is 20.4. The van der Waals surface area contributed by atoms with E-state index < -0.39 is 36.4 Å². The Morgan fingerprint density at radius 3 is 2.12 bits per heavy atom. The van der Waals surface area contributed by atoms with Gasteiger partial charge in [-0.25, -0.2) is 8.78 Å². The summed E-state index contributed by atoms with van der Waals surface area (Å²) in [7, 11) is 0. The van der Waals surface area contributed by atoms with E-state index in [9.17, 15) is 31.5 Å². The van der Waals surface area contributed by atoms with Gasteiger partial charge in [0.15, 0.2) is 0 Å². The molecule has 42 heavy (non-hydrogen) atoms. The number of alkyl halides is 5. The van der Waals surface area contributed by atoms with E-state index in [2.05, 4.69) is 4.90 Å². The average molecular weight is 589 g/mol. The van der Waals surface area contributed by atoms with Crippen molar-refractivity contribution in [2.45, 2.75) is 56.7 Å². The van der Waals surface area contributed by atoms with Crippen LogP contribution in [0.1, 0.15) is 64.9 Å². The second kappa shape index (κ2) is 11.0. The molecule has 3 fully saturated rings. The van der Waals surface area contributed by atoms with Gasteiger partial charge in [-0.1, -0.05) is 18.9 Å². The maximum atomic E-state index is 13.8. The molecule has 6 nitrogen and oxygen atoms in total. The minimum Gasteiger partial charge on any atom is -0.337 e. The molecule has 3 aliphatic rings. The van der Waals surface area contributed by atoms with E-state index in [1.807, 2.05) is 4.90 Å². The van der Waals surface area contributed by atoms with Crippen LogP contribution in [0.3, 0.4) is 0 Å². The van der Waals surface area contributed by atoms with Crippen LogP contribution < -0.4 is 0 Å². The second-order valence-electron chi connectivity index (χ2n) is 11.6. The molecule has 0 unspecified atom stereocenters. The molecule has 224 valence electrons. The lowest BCUT2D eigenvalue weighted by Crippen LogP contribution is -2.51. The SMILES string of the molecule is O=C(c1ccc2c(c1)cc(C(=O)N1CCC(F)(F)CC1)n2-c1cccc(C(F)(F)F)c1)N1CCN(C2CCCC2)CC1. The quantitative estimate of drug-likeness (QED) is 0.340. The van der Waals surface area contributed by atoms with Gasteiger partial charge in [0.05, 0.1) is 11.1 Å². The standard InChI is InChI=1S/C31H33F5N4O2/c32-30(33)10-12-38(13-11-30)29(42)27-19-22-18-21(28(41)39-16-14-37(15-17-39)24-5-1-2-6-24)8-9-26(22)40(27)25-7-3-4-23(20-25)31(34,35)36/h3-4,7-9,18-20,24H,1-2,5-6,10-17H2. The molecular formula is C31H33F5N4O2. The van der Waals surface area contributed by atoms with Crippen LogP contribution in [-0.4, -0.2) is 82.3 Å². The molecule has 0 bridgehead atoms. The predicted octanol–water partition coefficient (Wildman–Crippen LogP) is 6.22. The first-order chi connectivity index (χ1) is 20.0. The highest BCUT2D eigenvalue weighted by Gasteiger charge is 2.37. The van der Waals surface area contributed by atoms with Gasteiger partial charge in [-0.05, 0) is 55.3 Å². The first kappa shape index (κ1) is 28.6. The van der Waals surface area contributed by atoms with Crippen LogP contribution in [0.2, 0.25) is 0 Å². The van der Waals surface area contributed by atoms with Gasteiger partial charge in [0, 0.05) is 74.8 Å². The highest BCUT2D eigenvalue weighted by atomic mass is 19.4. The Balaban J connectivity index is 1.32. The number of rotatable bonds is 4. The number of amides is 2. The molecule has 2 aromatic carbocycles. The minimum absolute atomic E-state index is 0.0596. The van der Waals surface area contributed by atoms with E-state index in [0.29, 0.717) is 35.6 Å². The molecule has 2 aliphatic heterocycles. The lowest BCUT2D eigenvalue weighted by atomic mass is 10.1. The maximum absolute atomic E-state index is 13.8. The summed E-state index contributed by atoms with van der Waals surface area (Å²) in [6.45, 7) is 2.54. The lowest BCUT2D eigenvalue weighted by Gasteiger charge is -2.38. The first-order valence-electron chi connectivity index (χ1n) is 14.5. The summed E-state index contributed by atoms with van der Waals surface area (Å²) in [5.41, 5.74) is 0.176. The van der Waals surface area contributed by atoms with Crippen molar-refractivity contribution in [3.8, 4) is 5.69 Å². The van der Waals surface area contributed by atoms with Crippen LogP contribution in [0.25, 0.3) is 16.6 Å². The van der Waals surface area contributed by atoms with Crippen LogP contribution in [0, 0.1) is 0 Å². The fraction of sp³-hybridized carbons (Fsp3) is 0.484. The van der Waals surface area contributed by atoms with Crippen molar-refractivity contribution in [1.82, 2.24) is 19.3 Å². The fourth-order valence-corrected chi connectivity index (χ4v) is 6.55. The van der Waals surface area contributed by atoms with Crippen LogP contribution in [-0.2, 0) is 6.18 Å². The van der Waals surface area contributed by atoms with Gasteiger partial charge in [-0.3, -0.25) is 14.5 Å². The van der Waals surface area contributed by atoms with Gasteiger partial charge in [0.2, 0.25) is 0 Å². The summed E-state index contributed by atoms with van der Waals surface area (Å²) >= 11 is 0. The van der Waals surface area contributed by atoms with Crippen molar-refractivity contribution >= 4 is 22.7 Å². The third kappa shape index (κ3) is 5.63. The summed E-state index contributed by atoms with van der Waals surface area (Å²) in [5, 5.41) is 0.508. The summed E-state index contributed by atoms with van der Waals surface area (Å²) in [6.07, 6.45) is -0.645. The number of aromatic nitrogens is 1. The Morgan fingerprint density at radius 1 is 0.786 bits per heavy atom. The molecule has 1 aliphatic carbocycles. The zero-order valence-electron chi connectivity index (χ0n) is 23.2. The van der Waals surface area contributed by atoms with Gasteiger partial charge in [0.25, 0.3) is 17.7 Å². The van der Waals surface area contributed by atoms with Gasteiger partial charge >= 0.3 is 6.18 Å². The summed E-state index contributed by atoms with van der Waals surface area (Å²) in [6, 6.07) is 11.7. The number of carbonyl (C=O) groups is 2. The van der Waals surface area contributed by atoms with Crippen LogP contribution >= 0.6 is 0 Å². The number of likely N-dealkylation sites (tertiary alicyclic amines) is 1. The Bertz CT molecular complexity index is 1480. The molecule has 2 saturated heterocycles. The van der Waals surface area contributed by atoms with Crippen LogP contribution in [0.5, 0.6) is 0 Å². The van der Waals surface area contributed by atoms with Crippen molar-refractivity contribution < 1.29 is 31.5 Å². The second-order valence-corrected chi connectivity index (χ2v) is 11.6. The monoisotopic (exact) mass is 588 g/mol. The van der Waals surface area contributed by atoms with Gasteiger partial charge < -0.3 is 14.4 Å². The third-order valence-electron chi connectivity index (χ3n) is 8.92. The van der Waals surface area contributed by atoms with Crippen molar-refractivity contribution in [2.24, 2.45) is 0 Å². The van der Waals surface area contributed by atoms with E-state index >= 15 is 0 Å². The Labute approximate surface area is 240 Å². The van der Waals surface area contributed by atoms with Crippen molar-refractivity contribution in [2.75, 3.05) is 39.3 Å². The van der Waals surface area contributed by atoms with E-state index in [1.165, 1.54) is 47.3 Å². The molecular weight excluding hydrogens is 555 g/mol. The fourth-order valence-electron chi connectivity index (χ4n) is 6.55. The molecule has 2 amide bonds. The number of nitrogens with zero attached hydrogens (tertiary/aromatic N) is 4. The number of piperazine rings is 1. The number of halogens is 5. The number of hydrogen-bond donors (Lipinski definition) is 0. The smallest absolute Gasteiger partial charge is 0.337 e. The van der Waals surface area contributed by atoms with Crippen LogP contribution in [0.15, 0.2) is 48.5 Å². The third-order valence-corrected chi connectivity index (χ3v) is 8.92. The molecule has 0 radical (unpaired) electrons. The average Bonchev–Trinajstić information content (AvgIpc) is 3.64. The molecule has 0 N–H and O–H groups in total. The van der Waals surface area contributed by atoms with Crippen molar-refractivity contribution in [3.63, 3.8) is 0 Å². The van der Waals surface area contributed by atoms with Crippen molar-refractivity contribution in [1.29, 1.82) is 0 Å². The zero-order valence-corrected chi connectivity index (χ0v) is 23.2. The minimum atomic E-state index is -4.59. The van der Waals surface area contributed by atoms with Gasteiger partial charge in [-0.2, -0.15) is 13.2 Å². The molecule has 1 saturated carbocycles. The number of piperidine rings is 1. The summed E-state index contributed by atoms with van der Waals surface area (Å²) in [4.78, 5) is 32.7. The number of fused-ring (bicyclic) bond motifs is 1. The van der Waals surface area contributed by atoms with Crippen molar-refractivity contribution in [3.05, 3.63) is 65.4 Å². The molecule has 6 rings (SSSR count). The number of carbonyl (C=O) groups excluding carboxylic acids is 2. The molecule has 0 spiro atoms. The highest BCUT2D eigenvalue weighted by molar-refractivity contribution is 6.03. The zero-order chi connectivity index (χ0) is 29.6. The van der Waals surface area contributed by atoms with Crippen LogP contribution in [0.4, 0.5) is 22.0 Å². The molecule has 3 aromatic rings. The van der Waals surface area contributed by atoms with E-state index in [1.54, 1.807) is 24.3 Å². The molecule has 3 heterocycles. The molecule has 1 aromatic heterocycles. The van der Waals surface area contributed by atoms with Gasteiger partial charge in [0.1, 0.15) is 5.69 Å². The van der Waals surface area contributed by atoms with Gasteiger partial charge in [-0.15, -0.1) is 0 Å². The molecule has 0 atom stereocenters. The first-order valence-corrected chi connectivity index (χ1v) is 14.5. The summed E-state index contributed by atoms with van der Waals surface area (Å²) in [5.74, 6) is -3.54. The van der Waals surface area contributed by atoms with E-state index in [4.69, 9.17) is 0 Å². The van der Waals surface area contributed by atoms with E-state index in [0.717, 1.165) is 25.2 Å². The topological polar surface area (TPSA) is 48.8 Å². The lowest BCUT2D eigenvalue weighted by molar-refractivity contribution is -0.137. The predicted molar refractivity (Wildman–Crippen MR) is 148 cm³/mol. The Hall–Kier alpha value is -3.47. The summed E-state index contributed by atoms with van der Waals surface area (Å²) < 4.78 is 69.7. The Kier molecular flexibility index (Phi) is 7.49. The maximum Gasteiger partial charge on any atom is 0.416 e. The number of hydrogen-bond acceptors (Lipinski definition) is 3. The molecule has 11 heteroatoms. The van der Waals surface area contributed by atoms with E-state index in [-0.39, 0.29) is 30.4 Å². The number of benzene rings is 2.